The molecule has 0 saturated heterocycles. The second kappa shape index (κ2) is 4.33. The quantitative estimate of drug-likeness (QED) is 0.688. The van der Waals surface area contributed by atoms with E-state index in [1.807, 2.05) is 12.4 Å². The van der Waals surface area contributed by atoms with E-state index in [1.165, 1.54) is 16.5 Å². The van der Waals surface area contributed by atoms with Crippen LogP contribution in [0.2, 0.25) is 0 Å². The summed E-state index contributed by atoms with van der Waals surface area (Å²) in [6.07, 6.45) is 6.04. The van der Waals surface area contributed by atoms with Gasteiger partial charge in [0.15, 0.2) is 0 Å². The fraction of sp³-hybridized carbons (Fsp3) is 0.267. The Morgan fingerprint density at radius 3 is 2.83 bits per heavy atom. The molecule has 2 aromatic heterocycles. The zero-order valence-corrected chi connectivity index (χ0v) is 10.8. The van der Waals surface area contributed by atoms with E-state index in [0.717, 1.165) is 18.9 Å². The molecule has 18 heavy (non-hydrogen) atoms. The van der Waals surface area contributed by atoms with Gasteiger partial charge in [-0.15, -0.1) is 0 Å². The van der Waals surface area contributed by atoms with E-state index in [4.69, 9.17) is 0 Å². The van der Waals surface area contributed by atoms with Gasteiger partial charge in [-0.2, -0.15) is 0 Å². The molecular weight excluding hydrogens is 222 g/mol. The van der Waals surface area contributed by atoms with E-state index in [1.54, 1.807) is 0 Å². The van der Waals surface area contributed by atoms with Crippen molar-refractivity contribution in [1.82, 2.24) is 14.1 Å². The van der Waals surface area contributed by atoms with Crippen molar-refractivity contribution in [1.29, 1.82) is 0 Å². The van der Waals surface area contributed by atoms with Crippen molar-refractivity contribution in [2.45, 2.75) is 26.9 Å². The van der Waals surface area contributed by atoms with E-state index in [-0.39, 0.29) is 0 Å². The molecule has 0 atom stereocenters. The van der Waals surface area contributed by atoms with Crippen molar-refractivity contribution < 1.29 is 0 Å². The number of aryl methyl sites for hydroxylation is 2. The highest BCUT2D eigenvalue weighted by Gasteiger charge is 2.05. The highest BCUT2D eigenvalue weighted by atomic mass is 15.1. The van der Waals surface area contributed by atoms with Gasteiger partial charge in [0.25, 0.3) is 0 Å². The van der Waals surface area contributed by atoms with Gasteiger partial charge in [-0.25, -0.2) is 4.98 Å². The summed E-state index contributed by atoms with van der Waals surface area (Å²) in [5.41, 5.74) is 2.57. The van der Waals surface area contributed by atoms with Gasteiger partial charge >= 0.3 is 0 Å². The van der Waals surface area contributed by atoms with Gasteiger partial charge < -0.3 is 9.13 Å². The van der Waals surface area contributed by atoms with Crippen LogP contribution in [0.3, 0.4) is 0 Å². The minimum Gasteiger partial charge on any atom is -0.340 e. The Bertz CT molecular complexity index is 676. The van der Waals surface area contributed by atoms with Gasteiger partial charge in [-0.05, 0) is 36.9 Å². The van der Waals surface area contributed by atoms with E-state index in [9.17, 15) is 0 Å². The summed E-state index contributed by atoms with van der Waals surface area (Å²) in [5.74, 6) is 1.11. The number of aromatic nitrogens is 3. The lowest BCUT2D eigenvalue weighted by Crippen LogP contribution is -2.06. The summed E-state index contributed by atoms with van der Waals surface area (Å²) in [7, 11) is 0. The lowest BCUT2D eigenvalue weighted by Gasteiger charge is -2.07. The number of hydrogen-bond donors (Lipinski definition) is 0. The summed E-state index contributed by atoms with van der Waals surface area (Å²) >= 11 is 0. The molecule has 2 heterocycles. The maximum Gasteiger partial charge on any atom is 0.128 e. The molecule has 3 aromatic rings. The maximum atomic E-state index is 4.43. The average Bonchev–Trinajstić information content (AvgIpc) is 2.97. The summed E-state index contributed by atoms with van der Waals surface area (Å²) in [6, 6.07) is 8.72. The molecule has 0 saturated carbocycles. The minimum absolute atomic E-state index is 0.827. The highest BCUT2D eigenvalue weighted by Crippen LogP contribution is 2.18. The summed E-state index contributed by atoms with van der Waals surface area (Å²) < 4.78 is 4.44. The van der Waals surface area contributed by atoms with Gasteiger partial charge in [0.05, 0.1) is 6.54 Å². The third-order valence-electron chi connectivity index (χ3n) is 3.38. The lowest BCUT2D eigenvalue weighted by molar-refractivity contribution is 0.661. The fourth-order valence-corrected chi connectivity index (χ4v) is 2.36. The topological polar surface area (TPSA) is 22.8 Å². The van der Waals surface area contributed by atoms with Crippen molar-refractivity contribution in [3.63, 3.8) is 0 Å². The average molecular weight is 239 g/mol. The predicted octanol–water partition coefficient (Wildman–Crippen LogP) is 3.21. The van der Waals surface area contributed by atoms with Crippen LogP contribution in [-0.2, 0) is 13.1 Å². The van der Waals surface area contributed by atoms with Crippen LogP contribution in [0.5, 0.6) is 0 Å². The van der Waals surface area contributed by atoms with Crippen LogP contribution in [0.15, 0.2) is 42.9 Å². The third-order valence-corrected chi connectivity index (χ3v) is 3.38. The molecule has 0 aliphatic heterocycles. The molecule has 1 aromatic carbocycles. The second-order valence-electron chi connectivity index (χ2n) is 4.64. The zero-order valence-electron chi connectivity index (χ0n) is 10.8. The van der Waals surface area contributed by atoms with Crippen LogP contribution in [0.4, 0.5) is 0 Å². The SMILES string of the molecule is CCn1ccnc1Cn1ccc2ccc(C)cc21. The first-order chi connectivity index (χ1) is 8.78. The van der Waals surface area contributed by atoms with Crippen LogP contribution in [0.1, 0.15) is 18.3 Å². The van der Waals surface area contributed by atoms with Crippen LogP contribution in [0.25, 0.3) is 10.9 Å². The molecule has 3 nitrogen and oxygen atoms in total. The summed E-state index contributed by atoms with van der Waals surface area (Å²) in [6.45, 7) is 6.06. The molecule has 92 valence electrons. The molecular formula is C15H17N3. The van der Waals surface area contributed by atoms with Crippen molar-refractivity contribution in [2.75, 3.05) is 0 Å². The van der Waals surface area contributed by atoms with E-state index < -0.39 is 0 Å². The predicted molar refractivity (Wildman–Crippen MR) is 73.7 cm³/mol. The fourth-order valence-electron chi connectivity index (χ4n) is 2.36. The molecule has 0 unspecified atom stereocenters. The van der Waals surface area contributed by atoms with E-state index in [2.05, 4.69) is 58.4 Å². The number of hydrogen-bond acceptors (Lipinski definition) is 1. The van der Waals surface area contributed by atoms with E-state index in [0.29, 0.717) is 0 Å². The molecule has 0 radical (unpaired) electrons. The summed E-state index contributed by atoms with van der Waals surface area (Å²) in [4.78, 5) is 4.43. The van der Waals surface area contributed by atoms with Gasteiger partial charge in [-0.1, -0.05) is 12.1 Å². The van der Waals surface area contributed by atoms with Crippen LogP contribution < -0.4 is 0 Å². The Morgan fingerprint density at radius 1 is 1.11 bits per heavy atom. The Labute approximate surface area is 107 Å². The Balaban J connectivity index is 2.02. The molecule has 0 N–H and O–H groups in total. The first-order valence-electron chi connectivity index (χ1n) is 6.33. The summed E-state index contributed by atoms with van der Waals surface area (Å²) in [5, 5.41) is 1.29. The molecule has 0 aliphatic carbocycles. The Morgan fingerprint density at radius 2 is 2.00 bits per heavy atom. The number of nitrogens with zero attached hydrogens (tertiary/aromatic N) is 3. The first kappa shape index (κ1) is 11.1. The van der Waals surface area contributed by atoms with Crippen molar-refractivity contribution in [3.8, 4) is 0 Å². The second-order valence-corrected chi connectivity index (χ2v) is 4.64. The zero-order chi connectivity index (χ0) is 12.5. The van der Waals surface area contributed by atoms with Gasteiger partial charge in [-0.3, -0.25) is 0 Å². The van der Waals surface area contributed by atoms with Gasteiger partial charge in [0.1, 0.15) is 5.82 Å². The normalized spacial score (nSPS) is 11.2. The number of imidazole rings is 1. The van der Waals surface area contributed by atoms with Crippen LogP contribution >= 0.6 is 0 Å². The van der Waals surface area contributed by atoms with Gasteiger partial charge in [0.2, 0.25) is 0 Å². The van der Waals surface area contributed by atoms with E-state index >= 15 is 0 Å². The Kier molecular flexibility index (Phi) is 2.67. The van der Waals surface area contributed by atoms with Crippen LogP contribution in [0, 0.1) is 6.92 Å². The highest BCUT2D eigenvalue weighted by molar-refractivity contribution is 5.80. The molecule has 0 spiro atoms. The van der Waals surface area contributed by atoms with Crippen LogP contribution in [-0.4, -0.2) is 14.1 Å². The molecule has 0 amide bonds. The molecule has 3 rings (SSSR count). The number of fused-ring (bicyclic) bond motifs is 1. The minimum atomic E-state index is 0.827. The van der Waals surface area contributed by atoms with Crippen molar-refractivity contribution >= 4 is 10.9 Å². The standard InChI is InChI=1S/C15H17N3/c1-3-17-9-7-16-15(17)11-18-8-6-13-5-4-12(2)10-14(13)18/h4-10H,3,11H2,1-2H3. The lowest BCUT2D eigenvalue weighted by atomic mass is 10.2. The Hall–Kier alpha value is -2.03. The van der Waals surface area contributed by atoms with Gasteiger partial charge in [0, 0.05) is 30.7 Å². The number of rotatable bonds is 3. The molecule has 0 bridgehead atoms. The van der Waals surface area contributed by atoms with Crippen molar-refractivity contribution in [2.24, 2.45) is 0 Å². The monoisotopic (exact) mass is 239 g/mol. The maximum absolute atomic E-state index is 4.43. The third kappa shape index (κ3) is 1.82. The molecule has 0 fully saturated rings. The first-order valence-corrected chi connectivity index (χ1v) is 6.33. The molecule has 3 heteroatoms. The van der Waals surface area contributed by atoms with Crippen molar-refractivity contribution in [3.05, 3.63) is 54.2 Å². The largest absolute Gasteiger partial charge is 0.340 e. The molecule has 0 aliphatic rings. The number of benzene rings is 1. The smallest absolute Gasteiger partial charge is 0.128 e.